The molecular weight excluding hydrogens is 242 g/mol. The van der Waals surface area contributed by atoms with Crippen molar-refractivity contribution in [1.29, 1.82) is 0 Å². The third kappa shape index (κ3) is 3.85. The van der Waals surface area contributed by atoms with Gasteiger partial charge in [-0.3, -0.25) is 9.59 Å². The number of amides is 1. The van der Waals surface area contributed by atoms with E-state index in [0.29, 0.717) is 11.3 Å². The van der Waals surface area contributed by atoms with Gasteiger partial charge >= 0.3 is 0 Å². The summed E-state index contributed by atoms with van der Waals surface area (Å²) in [5.41, 5.74) is 2.23. The summed E-state index contributed by atoms with van der Waals surface area (Å²) >= 11 is 0. The van der Waals surface area contributed by atoms with Gasteiger partial charge in [-0.15, -0.1) is 6.42 Å². The second kappa shape index (κ2) is 6.60. The summed E-state index contributed by atoms with van der Waals surface area (Å²) in [6.07, 6.45) is 5.21. The minimum atomic E-state index is -0.646. The molecule has 4 nitrogen and oxygen atoms in total. The molecule has 0 saturated heterocycles. The number of carbonyl (C=O) groups excluding carboxylic acids is 2. The molecule has 100 valence electrons. The Morgan fingerprint density at radius 1 is 1.47 bits per heavy atom. The summed E-state index contributed by atoms with van der Waals surface area (Å²) in [5, 5.41) is 2.56. The molecule has 1 rings (SSSR count). The zero-order valence-corrected chi connectivity index (χ0v) is 11.3. The SMILES string of the molecule is C#CCNC(=O)C(C)Oc1c(C)cc(C=O)cc1C. The zero-order chi connectivity index (χ0) is 14.4. The number of carbonyl (C=O) groups is 2. The number of benzene rings is 1. The van der Waals surface area contributed by atoms with Crippen molar-refractivity contribution in [3.63, 3.8) is 0 Å². The molecule has 0 aliphatic carbocycles. The molecule has 0 aliphatic heterocycles. The average Bonchev–Trinajstić information content (AvgIpc) is 2.39. The summed E-state index contributed by atoms with van der Waals surface area (Å²) in [6.45, 7) is 5.50. The van der Waals surface area contributed by atoms with Crippen molar-refractivity contribution >= 4 is 12.2 Å². The van der Waals surface area contributed by atoms with Crippen LogP contribution in [0, 0.1) is 26.2 Å². The molecule has 0 heterocycles. The van der Waals surface area contributed by atoms with E-state index in [0.717, 1.165) is 17.4 Å². The lowest BCUT2D eigenvalue weighted by Crippen LogP contribution is -2.36. The summed E-state index contributed by atoms with van der Waals surface area (Å²) in [4.78, 5) is 22.4. The van der Waals surface area contributed by atoms with Gasteiger partial charge in [0, 0.05) is 5.56 Å². The highest BCUT2D eigenvalue weighted by atomic mass is 16.5. The standard InChI is InChI=1S/C15H17NO3/c1-5-6-16-15(18)12(4)19-14-10(2)7-13(9-17)8-11(14)3/h1,7-9,12H,6H2,2-4H3,(H,16,18). The molecule has 0 aromatic heterocycles. The normalized spacial score (nSPS) is 11.3. The Labute approximate surface area is 113 Å². The van der Waals surface area contributed by atoms with Gasteiger partial charge in [0.1, 0.15) is 12.0 Å². The van der Waals surface area contributed by atoms with E-state index in [9.17, 15) is 9.59 Å². The van der Waals surface area contributed by atoms with E-state index in [4.69, 9.17) is 11.2 Å². The number of hydrogen-bond donors (Lipinski definition) is 1. The van der Waals surface area contributed by atoms with Crippen LogP contribution in [0.15, 0.2) is 12.1 Å². The first-order valence-electron chi connectivity index (χ1n) is 5.93. The van der Waals surface area contributed by atoms with E-state index < -0.39 is 6.10 Å². The second-order valence-corrected chi connectivity index (χ2v) is 4.28. The van der Waals surface area contributed by atoms with Gasteiger partial charge in [0.15, 0.2) is 6.10 Å². The topological polar surface area (TPSA) is 55.4 Å². The van der Waals surface area contributed by atoms with Crippen LogP contribution < -0.4 is 10.1 Å². The van der Waals surface area contributed by atoms with Gasteiger partial charge in [0.05, 0.1) is 6.54 Å². The van der Waals surface area contributed by atoms with Gasteiger partial charge in [-0.25, -0.2) is 0 Å². The summed E-state index contributed by atoms with van der Waals surface area (Å²) in [7, 11) is 0. The van der Waals surface area contributed by atoms with Crippen LogP contribution >= 0.6 is 0 Å². The average molecular weight is 259 g/mol. The Hall–Kier alpha value is -2.28. The van der Waals surface area contributed by atoms with Crippen LogP contribution in [0.1, 0.15) is 28.4 Å². The minimum absolute atomic E-state index is 0.175. The number of aryl methyl sites for hydroxylation is 2. The van der Waals surface area contributed by atoms with Gasteiger partial charge in [-0.05, 0) is 44.0 Å². The number of aldehydes is 1. The van der Waals surface area contributed by atoms with Gasteiger partial charge in [-0.2, -0.15) is 0 Å². The molecule has 4 heteroatoms. The van der Waals surface area contributed by atoms with Crippen LogP contribution in [0.3, 0.4) is 0 Å². The lowest BCUT2D eigenvalue weighted by Gasteiger charge is -2.17. The first-order valence-corrected chi connectivity index (χ1v) is 5.93. The van der Waals surface area contributed by atoms with E-state index in [1.807, 2.05) is 13.8 Å². The Kier molecular flexibility index (Phi) is 5.13. The molecule has 1 atom stereocenters. The van der Waals surface area contributed by atoms with E-state index >= 15 is 0 Å². The fourth-order valence-corrected chi connectivity index (χ4v) is 1.75. The zero-order valence-electron chi connectivity index (χ0n) is 11.3. The summed E-state index contributed by atoms with van der Waals surface area (Å²) in [5.74, 6) is 2.68. The quantitative estimate of drug-likeness (QED) is 0.646. The van der Waals surface area contributed by atoms with E-state index in [1.54, 1.807) is 19.1 Å². The number of ether oxygens (including phenoxy) is 1. The molecule has 0 bridgehead atoms. The smallest absolute Gasteiger partial charge is 0.261 e. The van der Waals surface area contributed by atoms with Crippen LogP contribution in [-0.4, -0.2) is 24.8 Å². The predicted molar refractivity (Wildman–Crippen MR) is 73.2 cm³/mol. The highest BCUT2D eigenvalue weighted by molar-refractivity contribution is 5.81. The molecule has 1 aromatic rings. The third-order valence-electron chi connectivity index (χ3n) is 2.65. The Morgan fingerprint density at radius 2 is 2.05 bits per heavy atom. The van der Waals surface area contributed by atoms with Gasteiger partial charge in [0.25, 0.3) is 5.91 Å². The highest BCUT2D eigenvalue weighted by Crippen LogP contribution is 2.25. The lowest BCUT2D eigenvalue weighted by molar-refractivity contribution is -0.127. The first kappa shape index (κ1) is 14.8. The summed E-state index contributed by atoms with van der Waals surface area (Å²) < 4.78 is 5.64. The molecule has 19 heavy (non-hydrogen) atoms. The fourth-order valence-electron chi connectivity index (χ4n) is 1.75. The van der Waals surface area contributed by atoms with Crippen molar-refractivity contribution in [2.24, 2.45) is 0 Å². The monoisotopic (exact) mass is 259 g/mol. The van der Waals surface area contributed by atoms with E-state index in [2.05, 4.69) is 11.2 Å². The Morgan fingerprint density at radius 3 is 2.53 bits per heavy atom. The first-order chi connectivity index (χ1) is 8.99. The third-order valence-corrected chi connectivity index (χ3v) is 2.65. The predicted octanol–water partition coefficient (Wildman–Crippen LogP) is 1.63. The maximum atomic E-state index is 11.7. The fraction of sp³-hybridized carbons (Fsp3) is 0.333. The van der Waals surface area contributed by atoms with Gasteiger partial charge < -0.3 is 10.1 Å². The van der Waals surface area contributed by atoms with E-state index in [1.165, 1.54) is 0 Å². The van der Waals surface area contributed by atoms with Crippen molar-refractivity contribution < 1.29 is 14.3 Å². The second-order valence-electron chi connectivity index (χ2n) is 4.28. The molecule has 1 aromatic carbocycles. The summed E-state index contributed by atoms with van der Waals surface area (Å²) in [6, 6.07) is 3.45. The Bertz CT molecular complexity index is 506. The van der Waals surface area contributed by atoms with Crippen LogP contribution in [0.2, 0.25) is 0 Å². The van der Waals surface area contributed by atoms with Crippen LogP contribution in [0.25, 0.3) is 0 Å². The largest absolute Gasteiger partial charge is 0.480 e. The maximum Gasteiger partial charge on any atom is 0.261 e. The number of hydrogen-bond acceptors (Lipinski definition) is 3. The van der Waals surface area contributed by atoms with Crippen LogP contribution in [-0.2, 0) is 4.79 Å². The molecule has 0 spiro atoms. The van der Waals surface area contributed by atoms with Crippen molar-refractivity contribution in [1.82, 2.24) is 5.32 Å². The van der Waals surface area contributed by atoms with Crippen LogP contribution in [0.5, 0.6) is 5.75 Å². The molecule has 1 amide bonds. The van der Waals surface area contributed by atoms with Crippen LogP contribution in [0.4, 0.5) is 0 Å². The molecule has 1 unspecified atom stereocenters. The number of rotatable bonds is 5. The minimum Gasteiger partial charge on any atom is -0.480 e. The molecule has 0 saturated carbocycles. The van der Waals surface area contributed by atoms with Gasteiger partial charge in [-0.1, -0.05) is 5.92 Å². The van der Waals surface area contributed by atoms with Crippen molar-refractivity contribution in [3.05, 3.63) is 28.8 Å². The molecule has 0 aliphatic rings. The molecule has 0 fully saturated rings. The molecule has 0 radical (unpaired) electrons. The highest BCUT2D eigenvalue weighted by Gasteiger charge is 2.16. The number of terminal acetylenes is 1. The van der Waals surface area contributed by atoms with Crippen molar-refractivity contribution in [2.75, 3.05) is 6.54 Å². The number of nitrogens with one attached hydrogen (secondary N) is 1. The van der Waals surface area contributed by atoms with Crippen molar-refractivity contribution in [2.45, 2.75) is 26.9 Å². The Balaban J connectivity index is 2.85. The van der Waals surface area contributed by atoms with Gasteiger partial charge in [0.2, 0.25) is 0 Å². The molecular formula is C15H17NO3. The molecule has 1 N–H and O–H groups in total. The van der Waals surface area contributed by atoms with Crippen molar-refractivity contribution in [3.8, 4) is 18.1 Å². The maximum absolute atomic E-state index is 11.7. The lowest BCUT2D eigenvalue weighted by atomic mass is 10.1. The van der Waals surface area contributed by atoms with E-state index in [-0.39, 0.29) is 12.5 Å².